The largest absolute Gasteiger partial charge is 0.444 e. The molecule has 1 saturated heterocycles. The number of para-hydroxylation sites is 1. The molecule has 0 N–H and O–H groups in total. The Labute approximate surface area is 145 Å². The molecule has 0 unspecified atom stereocenters. The maximum Gasteiger partial charge on any atom is 0.429 e. The van der Waals surface area contributed by atoms with Crippen molar-refractivity contribution in [1.29, 1.82) is 0 Å². The van der Waals surface area contributed by atoms with Gasteiger partial charge in [0.15, 0.2) is 5.69 Å². The van der Waals surface area contributed by atoms with Crippen molar-refractivity contribution in [3.8, 4) is 5.69 Å². The molecule has 0 saturated carbocycles. The predicted octanol–water partition coefficient (Wildman–Crippen LogP) is 1.96. The highest BCUT2D eigenvalue weighted by molar-refractivity contribution is 5.94. The number of hydrazine groups is 1. The van der Waals surface area contributed by atoms with Gasteiger partial charge in [0.05, 0.1) is 11.4 Å². The SMILES string of the molecule is C=CCOC(=O)N1CCCN1C(=O)c1nn(-c2ccccc2)nc1C. The van der Waals surface area contributed by atoms with Crippen molar-refractivity contribution < 1.29 is 14.3 Å². The van der Waals surface area contributed by atoms with Gasteiger partial charge >= 0.3 is 6.09 Å². The molecule has 2 heterocycles. The fraction of sp³-hybridized carbons (Fsp3) is 0.294. The Balaban J connectivity index is 1.82. The summed E-state index contributed by atoms with van der Waals surface area (Å²) in [6, 6.07) is 9.33. The summed E-state index contributed by atoms with van der Waals surface area (Å²) in [7, 11) is 0. The van der Waals surface area contributed by atoms with E-state index in [-0.39, 0.29) is 18.2 Å². The summed E-state index contributed by atoms with van der Waals surface area (Å²) < 4.78 is 5.03. The molecule has 0 atom stereocenters. The monoisotopic (exact) mass is 341 g/mol. The van der Waals surface area contributed by atoms with Gasteiger partial charge in [0.1, 0.15) is 6.61 Å². The Hall–Kier alpha value is -3.16. The number of ether oxygens (including phenoxy) is 1. The van der Waals surface area contributed by atoms with Crippen LogP contribution in [-0.4, -0.2) is 56.7 Å². The van der Waals surface area contributed by atoms with E-state index >= 15 is 0 Å². The lowest BCUT2D eigenvalue weighted by atomic mass is 10.3. The number of benzene rings is 1. The van der Waals surface area contributed by atoms with Crippen LogP contribution in [0.25, 0.3) is 5.69 Å². The Kier molecular flexibility index (Phi) is 4.78. The predicted molar refractivity (Wildman–Crippen MR) is 90.0 cm³/mol. The van der Waals surface area contributed by atoms with Crippen LogP contribution in [0.4, 0.5) is 4.79 Å². The smallest absolute Gasteiger partial charge is 0.429 e. The first-order valence-electron chi connectivity index (χ1n) is 7.98. The molecule has 0 aliphatic carbocycles. The zero-order valence-electron chi connectivity index (χ0n) is 14.0. The molecule has 8 nitrogen and oxygen atoms in total. The number of aryl methyl sites for hydroxylation is 1. The van der Waals surface area contributed by atoms with Crippen molar-refractivity contribution in [1.82, 2.24) is 25.0 Å². The fourth-order valence-electron chi connectivity index (χ4n) is 2.59. The normalized spacial score (nSPS) is 13.8. The summed E-state index contributed by atoms with van der Waals surface area (Å²) in [5.74, 6) is -0.368. The zero-order chi connectivity index (χ0) is 17.8. The van der Waals surface area contributed by atoms with Gasteiger partial charge in [0.25, 0.3) is 5.91 Å². The van der Waals surface area contributed by atoms with E-state index in [9.17, 15) is 9.59 Å². The number of aromatic nitrogens is 3. The zero-order valence-corrected chi connectivity index (χ0v) is 14.0. The first kappa shape index (κ1) is 16.7. The summed E-state index contributed by atoms with van der Waals surface area (Å²) in [5.41, 5.74) is 1.47. The number of carbonyl (C=O) groups is 2. The second kappa shape index (κ2) is 7.16. The number of rotatable bonds is 4. The molecule has 25 heavy (non-hydrogen) atoms. The summed E-state index contributed by atoms with van der Waals surface area (Å²) in [6.45, 7) is 6.18. The van der Waals surface area contributed by atoms with Crippen LogP contribution in [0.1, 0.15) is 22.6 Å². The second-order valence-electron chi connectivity index (χ2n) is 5.53. The molecule has 3 rings (SSSR count). The molecular formula is C17H19N5O3. The third kappa shape index (κ3) is 3.37. The standard InChI is InChI=1S/C17H19N5O3/c1-3-12-25-17(24)21-11-7-10-20(21)16(23)15-13(2)18-22(19-15)14-8-5-4-6-9-14/h3-6,8-9H,1,7,10-12H2,2H3. The lowest BCUT2D eigenvalue weighted by Gasteiger charge is -2.26. The highest BCUT2D eigenvalue weighted by Gasteiger charge is 2.34. The molecule has 1 aliphatic heterocycles. The summed E-state index contributed by atoms with van der Waals surface area (Å²) in [5, 5.41) is 11.3. The van der Waals surface area contributed by atoms with Crippen molar-refractivity contribution in [2.45, 2.75) is 13.3 Å². The van der Waals surface area contributed by atoms with Crippen LogP contribution in [-0.2, 0) is 4.74 Å². The summed E-state index contributed by atoms with van der Waals surface area (Å²) in [6.07, 6.45) is 1.59. The Bertz CT molecular complexity index is 787. The maximum absolute atomic E-state index is 12.8. The van der Waals surface area contributed by atoms with E-state index in [1.165, 1.54) is 20.9 Å². The Morgan fingerprint density at radius 3 is 2.64 bits per heavy atom. The van der Waals surface area contributed by atoms with Gasteiger partial charge in [-0.05, 0) is 25.5 Å². The lowest BCUT2D eigenvalue weighted by molar-refractivity contribution is 0.0156. The van der Waals surface area contributed by atoms with Crippen molar-refractivity contribution in [3.05, 3.63) is 54.4 Å². The average molecular weight is 341 g/mol. The molecule has 0 radical (unpaired) electrons. The van der Waals surface area contributed by atoms with E-state index in [1.807, 2.05) is 30.3 Å². The summed E-state index contributed by atoms with van der Waals surface area (Å²) >= 11 is 0. The minimum atomic E-state index is -0.571. The third-order valence-electron chi connectivity index (χ3n) is 3.77. The van der Waals surface area contributed by atoms with E-state index in [0.29, 0.717) is 25.2 Å². The van der Waals surface area contributed by atoms with Crippen LogP contribution in [0.15, 0.2) is 43.0 Å². The number of carbonyl (C=O) groups excluding carboxylic acids is 2. The van der Waals surface area contributed by atoms with Crippen molar-refractivity contribution in [2.75, 3.05) is 19.7 Å². The van der Waals surface area contributed by atoms with Gasteiger partial charge in [-0.2, -0.15) is 9.90 Å². The van der Waals surface area contributed by atoms with E-state index < -0.39 is 6.09 Å². The quantitative estimate of drug-likeness (QED) is 0.794. The number of nitrogens with zero attached hydrogens (tertiary/aromatic N) is 5. The van der Waals surface area contributed by atoms with Gasteiger partial charge in [0, 0.05) is 13.1 Å². The Morgan fingerprint density at radius 2 is 1.92 bits per heavy atom. The molecule has 130 valence electrons. The number of amides is 2. The molecule has 1 aromatic heterocycles. The van der Waals surface area contributed by atoms with Crippen LogP contribution in [0, 0.1) is 6.92 Å². The van der Waals surface area contributed by atoms with E-state index in [2.05, 4.69) is 16.8 Å². The highest BCUT2D eigenvalue weighted by atomic mass is 16.6. The maximum atomic E-state index is 12.8. The molecule has 1 aromatic carbocycles. The van der Waals surface area contributed by atoms with Crippen LogP contribution < -0.4 is 0 Å². The van der Waals surface area contributed by atoms with E-state index in [1.54, 1.807) is 6.92 Å². The first-order chi connectivity index (χ1) is 12.1. The van der Waals surface area contributed by atoms with Crippen LogP contribution in [0.5, 0.6) is 0 Å². The van der Waals surface area contributed by atoms with Gasteiger partial charge in [-0.15, -0.1) is 5.10 Å². The molecule has 2 aromatic rings. The highest BCUT2D eigenvalue weighted by Crippen LogP contribution is 2.17. The van der Waals surface area contributed by atoms with E-state index in [0.717, 1.165) is 5.69 Å². The van der Waals surface area contributed by atoms with Gasteiger partial charge in [0.2, 0.25) is 0 Å². The molecular weight excluding hydrogens is 322 g/mol. The average Bonchev–Trinajstić information content (AvgIpc) is 3.27. The van der Waals surface area contributed by atoms with Crippen molar-refractivity contribution >= 4 is 12.0 Å². The van der Waals surface area contributed by atoms with Gasteiger partial charge in [-0.3, -0.25) is 4.79 Å². The number of hydrogen-bond donors (Lipinski definition) is 0. The minimum absolute atomic E-state index is 0.0978. The van der Waals surface area contributed by atoms with Gasteiger partial charge < -0.3 is 4.74 Å². The molecule has 0 spiro atoms. The molecule has 0 bridgehead atoms. The number of hydrogen-bond acceptors (Lipinski definition) is 5. The topological polar surface area (TPSA) is 80.6 Å². The van der Waals surface area contributed by atoms with Gasteiger partial charge in [-0.25, -0.2) is 14.8 Å². The second-order valence-corrected chi connectivity index (χ2v) is 5.53. The molecule has 1 aliphatic rings. The lowest BCUT2D eigenvalue weighted by Crippen LogP contribution is -2.45. The molecule has 8 heteroatoms. The van der Waals surface area contributed by atoms with E-state index in [4.69, 9.17) is 4.74 Å². The van der Waals surface area contributed by atoms with Gasteiger partial charge in [-0.1, -0.05) is 30.9 Å². The molecule has 1 fully saturated rings. The Morgan fingerprint density at radius 1 is 1.20 bits per heavy atom. The van der Waals surface area contributed by atoms with Crippen LogP contribution in [0.3, 0.4) is 0 Å². The fourth-order valence-corrected chi connectivity index (χ4v) is 2.59. The van der Waals surface area contributed by atoms with Crippen LogP contribution in [0.2, 0.25) is 0 Å². The summed E-state index contributed by atoms with van der Waals surface area (Å²) in [4.78, 5) is 26.3. The first-order valence-corrected chi connectivity index (χ1v) is 7.98. The van der Waals surface area contributed by atoms with Crippen molar-refractivity contribution in [3.63, 3.8) is 0 Å². The minimum Gasteiger partial charge on any atom is -0.444 e. The third-order valence-corrected chi connectivity index (χ3v) is 3.77. The van der Waals surface area contributed by atoms with Crippen LogP contribution >= 0.6 is 0 Å². The van der Waals surface area contributed by atoms with Crippen molar-refractivity contribution in [2.24, 2.45) is 0 Å². The molecule has 2 amide bonds.